The molecule has 0 N–H and O–H groups in total. The summed E-state index contributed by atoms with van der Waals surface area (Å²) >= 11 is 0. The number of nitrogens with zero attached hydrogens (tertiary/aromatic N) is 1. The van der Waals surface area contributed by atoms with Crippen LogP contribution in [0.2, 0.25) is 0 Å². The van der Waals surface area contributed by atoms with Gasteiger partial charge in [0.25, 0.3) is 0 Å². The average Bonchev–Trinajstić information content (AvgIpc) is 3.14. The van der Waals surface area contributed by atoms with Gasteiger partial charge >= 0.3 is 5.97 Å². The van der Waals surface area contributed by atoms with Gasteiger partial charge in [-0.25, -0.2) is 4.79 Å². The largest absolute Gasteiger partial charge is 0.456 e. The maximum atomic E-state index is 13.4. The van der Waals surface area contributed by atoms with Gasteiger partial charge in [-0.2, -0.15) is 0 Å². The predicted molar refractivity (Wildman–Crippen MR) is 136 cm³/mol. The molecule has 180 valence electrons. The van der Waals surface area contributed by atoms with Gasteiger partial charge < -0.3 is 9.26 Å². The van der Waals surface area contributed by atoms with E-state index < -0.39 is 5.97 Å². The van der Waals surface area contributed by atoms with Crippen LogP contribution in [-0.4, -0.2) is 17.2 Å². The number of aromatic nitrogens is 1. The van der Waals surface area contributed by atoms with Gasteiger partial charge in [0, 0.05) is 17.0 Å². The van der Waals surface area contributed by atoms with Crippen molar-refractivity contribution < 1.29 is 14.1 Å². The third-order valence-corrected chi connectivity index (χ3v) is 7.78. The lowest BCUT2D eigenvalue weighted by Crippen LogP contribution is -2.43. The summed E-state index contributed by atoms with van der Waals surface area (Å²) in [7, 11) is 0. The molecule has 1 saturated carbocycles. The number of aryl methyl sites for hydroxylation is 3. The number of rotatable bonds is 5. The van der Waals surface area contributed by atoms with Gasteiger partial charge in [-0.05, 0) is 68.6 Å². The molecule has 4 rings (SSSR count). The van der Waals surface area contributed by atoms with Gasteiger partial charge in [-0.1, -0.05) is 80.4 Å². The third kappa shape index (κ3) is 4.55. The molecule has 0 spiro atoms. The van der Waals surface area contributed by atoms with Crippen LogP contribution < -0.4 is 0 Å². The summed E-state index contributed by atoms with van der Waals surface area (Å²) in [5.41, 5.74) is 7.11. The Bertz CT molecular complexity index is 1150. The molecule has 0 amide bonds. The normalized spacial score (nSPS) is 20.9. The van der Waals surface area contributed by atoms with Crippen LogP contribution in [0.15, 0.2) is 47.0 Å². The number of esters is 1. The molecular weight excluding hydrogens is 422 g/mol. The van der Waals surface area contributed by atoms with Crippen LogP contribution in [-0.2, 0) is 10.2 Å². The van der Waals surface area contributed by atoms with Crippen LogP contribution in [0.25, 0.3) is 11.3 Å². The summed E-state index contributed by atoms with van der Waals surface area (Å²) in [5.74, 6) is 0.555. The minimum Gasteiger partial charge on any atom is -0.456 e. The fourth-order valence-electron chi connectivity index (χ4n) is 5.87. The zero-order valence-electron chi connectivity index (χ0n) is 21.6. The smallest absolute Gasteiger partial charge is 0.377 e. The number of hydrogen-bond acceptors (Lipinski definition) is 4. The molecule has 4 heteroatoms. The monoisotopic (exact) mass is 459 g/mol. The Kier molecular flexibility index (Phi) is 6.71. The Morgan fingerprint density at radius 1 is 1.03 bits per heavy atom. The molecule has 34 heavy (non-hydrogen) atoms. The van der Waals surface area contributed by atoms with Crippen LogP contribution >= 0.6 is 0 Å². The molecule has 1 aliphatic rings. The van der Waals surface area contributed by atoms with Gasteiger partial charge in [0.05, 0.1) is 0 Å². The lowest BCUT2D eigenvalue weighted by atomic mass is 9.64. The molecule has 0 unspecified atom stereocenters. The van der Waals surface area contributed by atoms with Crippen LogP contribution in [0.5, 0.6) is 0 Å². The van der Waals surface area contributed by atoms with E-state index in [1.165, 1.54) is 11.1 Å². The highest BCUT2D eigenvalue weighted by molar-refractivity contribution is 5.90. The van der Waals surface area contributed by atoms with E-state index in [9.17, 15) is 4.79 Å². The topological polar surface area (TPSA) is 52.3 Å². The van der Waals surface area contributed by atoms with Gasteiger partial charge in [0.2, 0.25) is 5.76 Å². The van der Waals surface area contributed by atoms with E-state index in [0.29, 0.717) is 5.92 Å². The lowest BCUT2D eigenvalue weighted by molar-refractivity contribution is -0.0265. The Morgan fingerprint density at radius 2 is 1.68 bits per heavy atom. The molecule has 3 aromatic rings. The van der Waals surface area contributed by atoms with Gasteiger partial charge in [-0.3, -0.25) is 0 Å². The van der Waals surface area contributed by atoms with E-state index in [1.54, 1.807) is 0 Å². The number of carbonyl (C=O) groups excluding carboxylic acids is 1. The van der Waals surface area contributed by atoms with Crippen molar-refractivity contribution in [1.82, 2.24) is 5.16 Å². The molecule has 2 aromatic carbocycles. The van der Waals surface area contributed by atoms with Crippen molar-refractivity contribution in [3.8, 4) is 11.3 Å². The second-order valence-corrected chi connectivity index (χ2v) is 10.8. The van der Waals surface area contributed by atoms with Gasteiger partial charge in [-0.15, -0.1) is 0 Å². The first-order valence-electron chi connectivity index (χ1n) is 12.4. The van der Waals surface area contributed by atoms with E-state index in [-0.39, 0.29) is 23.2 Å². The van der Waals surface area contributed by atoms with Crippen molar-refractivity contribution in [2.75, 3.05) is 0 Å². The van der Waals surface area contributed by atoms with Crippen molar-refractivity contribution >= 4 is 5.97 Å². The Balaban J connectivity index is 1.61. The van der Waals surface area contributed by atoms with E-state index >= 15 is 0 Å². The molecule has 1 aromatic heterocycles. The zero-order valence-corrected chi connectivity index (χ0v) is 21.6. The Morgan fingerprint density at radius 3 is 2.32 bits per heavy atom. The second kappa shape index (κ2) is 9.40. The Labute approximate surface area is 203 Å². The molecular formula is C30H37NO3. The highest BCUT2D eigenvalue weighted by Crippen LogP contribution is 2.44. The lowest BCUT2D eigenvalue weighted by Gasteiger charge is -2.43. The van der Waals surface area contributed by atoms with Crippen molar-refractivity contribution in [2.45, 2.75) is 79.2 Å². The first kappa shape index (κ1) is 24.3. The molecule has 1 heterocycles. The van der Waals surface area contributed by atoms with E-state index in [1.807, 2.05) is 13.0 Å². The Hall–Kier alpha value is -2.88. The first-order valence-corrected chi connectivity index (χ1v) is 12.4. The standard InChI is InChI=1S/C30H37NO3/c1-18-13-14-24(30(6,7)23-11-9-8-10-12-23)25(17-18)33-29(32)28-22(5)27(31-34-28)26-20(3)15-19(2)16-21(26)4/h8-12,15-16,18,24-25H,13-14,17H2,1-7H3/t18-,24-,25-/m1/s1. The third-order valence-electron chi connectivity index (χ3n) is 7.78. The summed E-state index contributed by atoms with van der Waals surface area (Å²) in [6, 6.07) is 14.8. The maximum Gasteiger partial charge on any atom is 0.377 e. The minimum atomic E-state index is -0.411. The summed E-state index contributed by atoms with van der Waals surface area (Å²) in [5, 5.41) is 4.31. The molecule has 0 aliphatic heterocycles. The minimum absolute atomic E-state index is 0.107. The highest BCUT2D eigenvalue weighted by Gasteiger charge is 2.42. The molecule has 0 bridgehead atoms. The highest BCUT2D eigenvalue weighted by atomic mass is 16.6. The molecule has 0 radical (unpaired) electrons. The van der Waals surface area contributed by atoms with Gasteiger partial charge in [0.1, 0.15) is 11.8 Å². The summed E-state index contributed by atoms with van der Waals surface area (Å²) in [4.78, 5) is 13.4. The number of carbonyl (C=O) groups is 1. The number of hydrogen-bond donors (Lipinski definition) is 0. The maximum absolute atomic E-state index is 13.4. The SMILES string of the molecule is Cc1cc(C)c(-c2noc(C(=O)O[C@@H]3C[C@H](C)CC[C@H]3C(C)(C)c3ccccc3)c2C)c(C)c1. The molecule has 4 nitrogen and oxygen atoms in total. The predicted octanol–water partition coefficient (Wildman–Crippen LogP) is 7.51. The van der Waals surface area contributed by atoms with Crippen molar-refractivity contribution in [2.24, 2.45) is 11.8 Å². The fraction of sp³-hybridized carbons (Fsp3) is 0.467. The first-order chi connectivity index (χ1) is 16.1. The van der Waals surface area contributed by atoms with Gasteiger partial charge in [0.15, 0.2) is 0 Å². The van der Waals surface area contributed by atoms with Crippen LogP contribution in [0.4, 0.5) is 0 Å². The number of benzene rings is 2. The van der Waals surface area contributed by atoms with E-state index in [4.69, 9.17) is 9.26 Å². The van der Waals surface area contributed by atoms with Crippen LogP contribution in [0.1, 0.15) is 78.4 Å². The quantitative estimate of drug-likeness (QED) is 0.370. The zero-order chi connectivity index (χ0) is 24.6. The van der Waals surface area contributed by atoms with Crippen molar-refractivity contribution in [1.29, 1.82) is 0 Å². The second-order valence-electron chi connectivity index (χ2n) is 10.8. The fourth-order valence-corrected chi connectivity index (χ4v) is 5.87. The summed E-state index contributed by atoms with van der Waals surface area (Å²) in [6.45, 7) is 14.9. The molecule has 3 atom stereocenters. The molecule has 1 aliphatic carbocycles. The average molecular weight is 460 g/mol. The van der Waals surface area contributed by atoms with E-state index in [0.717, 1.165) is 47.2 Å². The number of ether oxygens (including phenoxy) is 1. The summed E-state index contributed by atoms with van der Waals surface area (Å²) < 4.78 is 11.8. The summed E-state index contributed by atoms with van der Waals surface area (Å²) in [6.07, 6.45) is 2.88. The van der Waals surface area contributed by atoms with E-state index in [2.05, 4.69) is 83.1 Å². The molecule has 1 fully saturated rings. The van der Waals surface area contributed by atoms with Crippen molar-refractivity contribution in [3.63, 3.8) is 0 Å². The molecule has 0 saturated heterocycles. The van der Waals surface area contributed by atoms with Crippen molar-refractivity contribution in [3.05, 3.63) is 76.0 Å². The van der Waals surface area contributed by atoms with Crippen LogP contribution in [0.3, 0.4) is 0 Å². The van der Waals surface area contributed by atoms with Crippen LogP contribution in [0, 0.1) is 39.5 Å².